The van der Waals surface area contributed by atoms with Crippen LogP contribution < -0.4 is 16.0 Å². The monoisotopic (exact) mass is 315 g/mol. The van der Waals surface area contributed by atoms with E-state index in [-0.39, 0.29) is 30.0 Å². The molecule has 1 heterocycles. The summed E-state index contributed by atoms with van der Waals surface area (Å²) in [5.74, 6) is -0.532. The molecule has 0 spiro atoms. The molecule has 3 amide bonds. The van der Waals surface area contributed by atoms with Crippen LogP contribution >= 0.6 is 0 Å². The molecule has 7 nitrogen and oxygen atoms in total. The lowest BCUT2D eigenvalue weighted by Gasteiger charge is -2.07. The Balaban J connectivity index is 1.74. The molecular weight excluding hydrogens is 298 g/mol. The van der Waals surface area contributed by atoms with E-state index in [1.807, 2.05) is 0 Å². The molecule has 0 atom stereocenters. The molecular formula is C16H17N3O4. The van der Waals surface area contributed by atoms with Gasteiger partial charge in [0.15, 0.2) is 5.76 Å². The number of carbonyl (C=O) groups excluding carboxylic acids is 3. The first-order valence-corrected chi connectivity index (χ1v) is 7.04. The van der Waals surface area contributed by atoms with Gasteiger partial charge in [0.1, 0.15) is 0 Å². The number of amides is 3. The summed E-state index contributed by atoms with van der Waals surface area (Å²) in [7, 11) is 0. The van der Waals surface area contributed by atoms with Gasteiger partial charge in [-0.05, 0) is 36.4 Å². The highest BCUT2D eigenvalue weighted by Crippen LogP contribution is 2.09. The molecule has 0 aliphatic rings. The molecule has 0 fully saturated rings. The first-order valence-electron chi connectivity index (χ1n) is 7.04. The fourth-order valence-electron chi connectivity index (χ4n) is 1.86. The Hall–Kier alpha value is -3.09. The standard InChI is InChI=1S/C16H17N3O4/c1-11(20)19-13-6-4-12(5-7-13)15(21)17-8-9-18-16(22)14-3-2-10-23-14/h2-7,10H,8-9H2,1H3,(H,17,21)(H,18,22)(H,19,20). The van der Waals surface area contributed by atoms with Crippen LogP contribution in [0.25, 0.3) is 0 Å². The van der Waals surface area contributed by atoms with Gasteiger partial charge in [-0.1, -0.05) is 0 Å². The van der Waals surface area contributed by atoms with Crippen molar-refractivity contribution in [3.05, 3.63) is 54.0 Å². The molecule has 0 saturated carbocycles. The van der Waals surface area contributed by atoms with E-state index < -0.39 is 0 Å². The zero-order valence-electron chi connectivity index (χ0n) is 12.6. The van der Waals surface area contributed by atoms with E-state index in [1.54, 1.807) is 36.4 Å². The second kappa shape index (κ2) is 7.79. The van der Waals surface area contributed by atoms with E-state index in [0.29, 0.717) is 17.8 Å². The molecule has 0 radical (unpaired) electrons. The molecule has 7 heteroatoms. The van der Waals surface area contributed by atoms with Crippen LogP contribution in [-0.4, -0.2) is 30.8 Å². The molecule has 0 bridgehead atoms. The van der Waals surface area contributed by atoms with Crippen molar-refractivity contribution in [3.63, 3.8) is 0 Å². The van der Waals surface area contributed by atoms with Crippen molar-refractivity contribution in [2.24, 2.45) is 0 Å². The zero-order valence-corrected chi connectivity index (χ0v) is 12.6. The van der Waals surface area contributed by atoms with Crippen molar-refractivity contribution in [2.75, 3.05) is 18.4 Å². The first kappa shape index (κ1) is 16.3. The fourth-order valence-corrected chi connectivity index (χ4v) is 1.86. The maximum atomic E-state index is 11.9. The highest BCUT2D eigenvalue weighted by molar-refractivity contribution is 5.95. The topological polar surface area (TPSA) is 100 Å². The fraction of sp³-hybridized carbons (Fsp3) is 0.188. The van der Waals surface area contributed by atoms with E-state index in [2.05, 4.69) is 16.0 Å². The molecule has 23 heavy (non-hydrogen) atoms. The van der Waals surface area contributed by atoms with Crippen LogP contribution in [-0.2, 0) is 4.79 Å². The van der Waals surface area contributed by atoms with Crippen LogP contribution in [0.4, 0.5) is 5.69 Å². The van der Waals surface area contributed by atoms with Crippen molar-refractivity contribution in [3.8, 4) is 0 Å². The summed E-state index contributed by atoms with van der Waals surface area (Å²) in [5.41, 5.74) is 1.09. The molecule has 0 aliphatic heterocycles. The number of furan rings is 1. The smallest absolute Gasteiger partial charge is 0.287 e. The quantitative estimate of drug-likeness (QED) is 0.701. The number of rotatable bonds is 6. The number of carbonyl (C=O) groups is 3. The SMILES string of the molecule is CC(=O)Nc1ccc(C(=O)NCCNC(=O)c2ccco2)cc1. The lowest BCUT2D eigenvalue weighted by molar-refractivity contribution is -0.114. The minimum Gasteiger partial charge on any atom is -0.459 e. The van der Waals surface area contributed by atoms with E-state index in [4.69, 9.17) is 4.42 Å². The van der Waals surface area contributed by atoms with Gasteiger partial charge in [-0.25, -0.2) is 0 Å². The number of hydrogen-bond acceptors (Lipinski definition) is 4. The third kappa shape index (κ3) is 4.99. The minimum atomic E-state index is -0.330. The number of hydrogen-bond donors (Lipinski definition) is 3. The third-order valence-electron chi connectivity index (χ3n) is 2.91. The third-order valence-corrected chi connectivity index (χ3v) is 2.91. The summed E-state index contributed by atoms with van der Waals surface area (Å²) in [5, 5.41) is 7.94. The molecule has 2 rings (SSSR count). The Bertz CT molecular complexity index is 678. The highest BCUT2D eigenvalue weighted by atomic mass is 16.3. The Morgan fingerprint density at radius 3 is 2.17 bits per heavy atom. The summed E-state index contributed by atoms with van der Waals surface area (Å²) < 4.78 is 4.95. The maximum absolute atomic E-state index is 11.9. The van der Waals surface area contributed by atoms with Gasteiger partial charge < -0.3 is 20.4 Å². The Labute approximate surface area is 133 Å². The van der Waals surface area contributed by atoms with Gasteiger partial charge in [-0.3, -0.25) is 14.4 Å². The van der Waals surface area contributed by atoms with Crippen LogP contribution in [0, 0.1) is 0 Å². The van der Waals surface area contributed by atoms with E-state index in [9.17, 15) is 14.4 Å². The molecule has 2 aromatic rings. The first-order chi connectivity index (χ1) is 11.1. The molecule has 3 N–H and O–H groups in total. The van der Waals surface area contributed by atoms with Crippen LogP contribution in [0.2, 0.25) is 0 Å². The van der Waals surface area contributed by atoms with Gasteiger partial charge in [0.25, 0.3) is 11.8 Å². The predicted molar refractivity (Wildman–Crippen MR) is 84.1 cm³/mol. The number of benzene rings is 1. The summed E-state index contributed by atoms with van der Waals surface area (Å²) >= 11 is 0. The van der Waals surface area contributed by atoms with Crippen LogP contribution in [0.5, 0.6) is 0 Å². The summed E-state index contributed by atoms with van der Waals surface area (Å²) in [6, 6.07) is 9.71. The van der Waals surface area contributed by atoms with E-state index >= 15 is 0 Å². The lowest BCUT2D eigenvalue weighted by Crippen LogP contribution is -2.34. The predicted octanol–water partition coefficient (Wildman–Crippen LogP) is 1.40. The summed E-state index contributed by atoms with van der Waals surface area (Å²) in [4.78, 5) is 34.4. The Kier molecular flexibility index (Phi) is 5.51. The van der Waals surface area contributed by atoms with Crippen LogP contribution in [0.1, 0.15) is 27.8 Å². The molecule has 0 aliphatic carbocycles. The van der Waals surface area contributed by atoms with Crippen molar-refractivity contribution in [1.29, 1.82) is 0 Å². The van der Waals surface area contributed by atoms with Gasteiger partial charge in [0, 0.05) is 31.3 Å². The second-order valence-electron chi connectivity index (χ2n) is 4.75. The minimum absolute atomic E-state index is 0.172. The molecule has 120 valence electrons. The van der Waals surface area contributed by atoms with Crippen LogP contribution in [0.15, 0.2) is 47.1 Å². The summed E-state index contributed by atoms with van der Waals surface area (Å²) in [6.45, 7) is 1.99. The van der Waals surface area contributed by atoms with Crippen molar-refractivity contribution >= 4 is 23.4 Å². The van der Waals surface area contributed by atoms with Crippen molar-refractivity contribution in [2.45, 2.75) is 6.92 Å². The van der Waals surface area contributed by atoms with E-state index in [1.165, 1.54) is 13.2 Å². The van der Waals surface area contributed by atoms with Gasteiger partial charge in [0.2, 0.25) is 5.91 Å². The Morgan fingerprint density at radius 1 is 0.957 bits per heavy atom. The van der Waals surface area contributed by atoms with E-state index in [0.717, 1.165) is 0 Å². The molecule has 1 aromatic heterocycles. The zero-order chi connectivity index (χ0) is 16.7. The van der Waals surface area contributed by atoms with Crippen molar-refractivity contribution in [1.82, 2.24) is 10.6 Å². The lowest BCUT2D eigenvalue weighted by atomic mass is 10.2. The van der Waals surface area contributed by atoms with Gasteiger partial charge in [-0.2, -0.15) is 0 Å². The van der Waals surface area contributed by atoms with Crippen LogP contribution in [0.3, 0.4) is 0 Å². The summed E-state index contributed by atoms with van der Waals surface area (Å²) in [6.07, 6.45) is 1.42. The molecule has 0 unspecified atom stereocenters. The highest BCUT2D eigenvalue weighted by Gasteiger charge is 2.08. The number of anilines is 1. The second-order valence-corrected chi connectivity index (χ2v) is 4.75. The van der Waals surface area contributed by atoms with Crippen molar-refractivity contribution < 1.29 is 18.8 Å². The normalized spacial score (nSPS) is 9.96. The average molecular weight is 315 g/mol. The number of nitrogens with one attached hydrogen (secondary N) is 3. The van der Waals surface area contributed by atoms with Gasteiger partial charge >= 0.3 is 0 Å². The maximum Gasteiger partial charge on any atom is 0.287 e. The Morgan fingerprint density at radius 2 is 1.61 bits per heavy atom. The average Bonchev–Trinajstić information content (AvgIpc) is 3.05. The molecule has 1 aromatic carbocycles. The molecule has 0 saturated heterocycles. The van der Waals surface area contributed by atoms with Gasteiger partial charge in [-0.15, -0.1) is 0 Å². The van der Waals surface area contributed by atoms with Gasteiger partial charge in [0.05, 0.1) is 6.26 Å². The largest absolute Gasteiger partial charge is 0.459 e.